The van der Waals surface area contributed by atoms with E-state index in [1.54, 1.807) is 24.3 Å². The Morgan fingerprint density at radius 2 is 2.10 bits per heavy atom. The van der Waals surface area contributed by atoms with Crippen molar-refractivity contribution in [1.29, 1.82) is 10.5 Å². The molecule has 102 valence electrons. The Morgan fingerprint density at radius 1 is 1.40 bits per heavy atom. The number of nitriles is 2. The number of rotatable bonds is 5. The molecule has 0 fully saturated rings. The second-order valence-corrected chi connectivity index (χ2v) is 4.25. The van der Waals surface area contributed by atoms with E-state index < -0.39 is 5.91 Å². The van der Waals surface area contributed by atoms with Gasteiger partial charge in [0.1, 0.15) is 17.7 Å². The Labute approximate surface area is 118 Å². The molecule has 0 radical (unpaired) electrons. The molecule has 1 amide bonds. The molecule has 5 nitrogen and oxygen atoms in total. The Balaban J connectivity index is 2.84. The number of carbonyl (C=O) groups excluding carboxylic acids is 1. The summed E-state index contributed by atoms with van der Waals surface area (Å²) >= 11 is 0. The predicted molar refractivity (Wildman–Crippen MR) is 76.4 cm³/mol. The summed E-state index contributed by atoms with van der Waals surface area (Å²) in [7, 11) is 0. The highest BCUT2D eigenvalue weighted by Crippen LogP contribution is 2.13. The molecule has 0 aliphatic heterocycles. The fourth-order valence-electron chi connectivity index (χ4n) is 1.41. The van der Waals surface area contributed by atoms with Gasteiger partial charge < -0.3 is 10.6 Å². The molecule has 20 heavy (non-hydrogen) atoms. The van der Waals surface area contributed by atoms with E-state index in [0.29, 0.717) is 11.3 Å². The van der Waals surface area contributed by atoms with Gasteiger partial charge in [-0.25, -0.2) is 0 Å². The minimum Gasteiger partial charge on any atom is -0.359 e. The van der Waals surface area contributed by atoms with Crippen molar-refractivity contribution in [3.63, 3.8) is 0 Å². The molecule has 1 rings (SSSR count). The first-order chi connectivity index (χ1) is 9.62. The summed E-state index contributed by atoms with van der Waals surface area (Å²) in [5, 5.41) is 23.5. The largest absolute Gasteiger partial charge is 0.359 e. The zero-order valence-electron chi connectivity index (χ0n) is 11.5. The van der Waals surface area contributed by atoms with Crippen molar-refractivity contribution in [1.82, 2.24) is 5.32 Å². The maximum atomic E-state index is 11.8. The zero-order chi connectivity index (χ0) is 15.0. The first-order valence-corrected chi connectivity index (χ1v) is 6.29. The average Bonchev–Trinajstić information content (AvgIpc) is 2.48. The fourth-order valence-corrected chi connectivity index (χ4v) is 1.41. The third-order valence-corrected chi connectivity index (χ3v) is 2.77. The normalized spacial score (nSPS) is 11.9. The van der Waals surface area contributed by atoms with Gasteiger partial charge in [0, 0.05) is 12.2 Å². The lowest BCUT2D eigenvalue weighted by Gasteiger charge is -2.10. The number of carbonyl (C=O) groups is 1. The van der Waals surface area contributed by atoms with Crippen LogP contribution in [-0.4, -0.2) is 11.9 Å². The second-order valence-electron chi connectivity index (χ2n) is 4.25. The molecule has 0 saturated heterocycles. The topological polar surface area (TPSA) is 88.7 Å². The maximum Gasteiger partial charge on any atom is 0.263 e. The van der Waals surface area contributed by atoms with Crippen LogP contribution in [0.4, 0.5) is 5.69 Å². The van der Waals surface area contributed by atoms with Crippen LogP contribution in [0.1, 0.15) is 25.8 Å². The smallest absolute Gasteiger partial charge is 0.263 e. The minimum absolute atomic E-state index is 0.00523. The van der Waals surface area contributed by atoms with Crippen LogP contribution in [0, 0.1) is 22.7 Å². The lowest BCUT2D eigenvalue weighted by molar-refractivity contribution is -0.117. The maximum absolute atomic E-state index is 11.8. The van der Waals surface area contributed by atoms with Gasteiger partial charge in [-0.1, -0.05) is 19.1 Å². The van der Waals surface area contributed by atoms with Crippen molar-refractivity contribution >= 4 is 11.6 Å². The van der Waals surface area contributed by atoms with E-state index >= 15 is 0 Å². The van der Waals surface area contributed by atoms with Crippen LogP contribution >= 0.6 is 0 Å². The fraction of sp³-hybridized carbons (Fsp3) is 0.267. The van der Waals surface area contributed by atoms with E-state index in [1.165, 1.54) is 6.20 Å². The lowest BCUT2D eigenvalue weighted by Crippen LogP contribution is -2.33. The highest BCUT2D eigenvalue weighted by molar-refractivity contribution is 5.97. The molecule has 0 heterocycles. The van der Waals surface area contributed by atoms with Crippen LogP contribution in [0.3, 0.4) is 0 Å². The Morgan fingerprint density at radius 3 is 2.70 bits per heavy atom. The van der Waals surface area contributed by atoms with Gasteiger partial charge in [-0.2, -0.15) is 10.5 Å². The van der Waals surface area contributed by atoms with Crippen LogP contribution < -0.4 is 10.6 Å². The third-order valence-electron chi connectivity index (χ3n) is 2.77. The first-order valence-electron chi connectivity index (χ1n) is 6.29. The molecule has 5 heteroatoms. The van der Waals surface area contributed by atoms with Gasteiger partial charge in [0.15, 0.2) is 0 Å². The van der Waals surface area contributed by atoms with Crippen molar-refractivity contribution < 1.29 is 4.79 Å². The Hall–Kier alpha value is -2.79. The summed E-state index contributed by atoms with van der Waals surface area (Å²) in [4.78, 5) is 11.8. The lowest BCUT2D eigenvalue weighted by atomic mass is 10.2. The standard InChI is InChI=1S/C15H16N4O/c1-3-11(2)19-15(20)13(9-17)10-18-14-7-5-4-6-12(14)8-16/h4-7,10-11,18H,3H2,1-2H3,(H,19,20)/b13-10-. The number of para-hydroxylation sites is 1. The number of benzene rings is 1. The average molecular weight is 268 g/mol. The first kappa shape index (κ1) is 15.3. The highest BCUT2D eigenvalue weighted by Gasteiger charge is 2.11. The molecule has 1 aromatic rings. The summed E-state index contributed by atoms with van der Waals surface area (Å²) in [6.45, 7) is 3.81. The van der Waals surface area contributed by atoms with Gasteiger partial charge in [0.05, 0.1) is 11.3 Å². The van der Waals surface area contributed by atoms with E-state index in [2.05, 4.69) is 10.6 Å². The number of nitrogens with one attached hydrogen (secondary N) is 2. The molecule has 0 aromatic heterocycles. The predicted octanol–water partition coefficient (Wildman–Crippen LogP) is 2.29. The summed E-state index contributed by atoms with van der Waals surface area (Å²) in [5.41, 5.74) is 0.973. The Kier molecular flexibility index (Phi) is 5.80. The second kappa shape index (κ2) is 7.60. The van der Waals surface area contributed by atoms with Crippen molar-refractivity contribution in [3.8, 4) is 12.1 Å². The van der Waals surface area contributed by atoms with Crippen LogP contribution in [0.15, 0.2) is 36.0 Å². The van der Waals surface area contributed by atoms with Crippen LogP contribution in [0.5, 0.6) is 0 Å². The van der Waals surface area contributed by atoms with Crippen LogP contribution in [0.2, 0.25) is 0 Å². The molecule has 0 aliphatic carbocycles. The number of amides is 1. The molecule has 0 saturated carbocycles. The van der Waals surface area contributed by atoms with Gasteiger partial charge in [0.25, 0.3) is 5.91 Å². The van der Waals surface area contributed by atoms with Crippen molar-refractivity contribution in [2.24, 2.45) is 0 Å². The van der Waals surface area contributed by atoms with Gasteiger partial charge in [0.2, 0.25) is 0 Å². The zero-order valence-corrected chi connectivity index (χ0v) is 11.5. The van der Waals surface area contributed by atoms with E-state index in [1.807, 2.05) is 26.0 Å². The molecule has 0 aliphatic rings. The van der Waals surface area contributed by atoms with E-state index in [9.17, 15) is 4.79 Å². The van der Waals surface area contributed by atoms with Gasteiger partial charge >= 0.3 is 0 Å². The molecule has 0 spiro atoms. The summed E-state index contributed by atoms with van der Waals surface area (Å²) in [5.74, 6) is -0.427. The molecular formula is C15H16N4O. The molecule has 0 bridgehead atoms. The quantitative estimate of drug-likeness (QED) is 0.633. The van der Waals surface area contributed by atoms with E-state index in [4.69, 9.17) is 10.5 Å². The number of hydrogen-bond acceptors (Lipinski definition) is 4. The van der Waals surface area contributed by atoms with Gasteiger partial charge in [-0.05, 0) is 25.5 Å². The van der Waals surface area contributed by atoms with Crippen LogP contribution in [-0.2, 0) is 4.79 Å². The third kappa shape index (κ3) is 4.15. The van der Waals surface area contributed by atoms with E-state index in [0.717, 1.165) is 6.42 Å². The van der Waals surface area contributed by atoms with E-state index in [-0.39, 0.29) is 11.6 Å². The summed E-state index contributed by atoms with van der Waals surface area (Å²) < 4.78 is 0. The number of nitrogens with zero attached hydrogens (tertiary/aromatic N) is 2. The van der Waals surface area contributed by atoms with Crippen LogP contribution in [0.25, 0.3) is 0 Å². The SMILES string of the molecule is CCC(C)NC(=O)/C(C#N)=C\Nc1ccccc1C#N. The van der Waals surface area contributed by atoms with Crippen molar-refractivity contribution in [3.05, 3.63) is 41.6 Å². The Bertz CT molecular complexity index is 593. The molecule has 2 N–H and O–H groups in total. The monoisotopic (exact) mass is 268 g/mol. The summed E-state index contributed by atoms with van der Waals surface area (Å²) in [6.07, 6.45) is 2.10. The van der Waals surface area contributed by atoms with Crippen molar-refractivity contribution in [2.45, 2.75) is 26.3 Å². The van der Waals surface area contributed by atoms with Gasteiger partial charge in [-0.15, -0.1) is 0 Å². The highest BCUT2D eigenvalue weighted by atomic mass is 16.1. The van der Waals surface area contributed by atoms with Crippen molar-refractivity contribution in [2.75, 3.05) is 5.32 Å². The number of anilines is 1. The van der Waals surface area contributed by atoms with Gasteiger partial charge in [-0.3, -0.25) is 4.79 Å². The molecular weight excluding hydrogens is 252 g/mol. The minimum atomic E-state index is -0.427. The molecule has 1 unspecified atom stereocenters. The number of hydrogen-bond donors (Lipinski definition) is 2. The molecule has 1 atom stereocenters. The summed E-state index contributed by atoms with van der Waals surface area (Å²) in [6, 6.07) is 10.8. The molecule has 1 aromatic carbocycles.